The van der Waals surface area contributed by atoms with E-state index < -0.39 is 0 Å². The van der Waals surface area contributed by atoms with E-state index in [1.165, 1.54) is 0 Å². The fourth-order valence-electron chi connectivity index (χ4n) is 2.70. The molecule has 1 aromatic heterocycles. The molecule has 0 aliphatic rings. The third-order valence-electron chi connectivity index (χ3n) is 4.16. The zero-order chi connectivity index (χ0) is 20.1. The Kier molecular flexibility index (Phi) is 6.26. The number of carbonyl (C=O) groups excluding carboxylic acids is 2. The highest BCUT2D eigenvalue weighted by Gasteiger charge is 2.15. The van der Waals surface area contributed by atoms with Crippen molar-refractivity contribution in [3.05, 3.63) is 75.7 Å². The van der Waals surface area contributed by atoms with Gasteiger partial charge in [0.2, 0.25) is 0 Å². The summed E-state index contributed by atoms with van der Waals surface area (Å²) >= 11 is 3.34. The number of nitrogens with one attached hydrogen (secondary N) is 3. The van der Waals surface area contributed by atoms with Crippen molar-refractivity contribution in [2.24, 2.45) is 0 Å². The van der Waals surface area contributed by atoms with E-state index in [9.17, 15) is 9.59 Å². The molecular formula is C21H21BrN4O2. The minimum atomic E-state index is -0.323. The fraction of sp³-hybridized carbons (Fsp3) is 0.190. The van der Waals surface area contributed by atoms with E-state index in [0.29, 0.717) is 18.5 Å². The lowest BCUT2D eigenvalue weighted by atomic mass is 10.2. The van der Waals surface area contributed by atoms with Gasteiger partial charge in [-0.05, 0) is 55.8 Å². The van der Waals surface area contributed by atoms with Crippen LogP contribution in [0.1, 0.15) is 30.0 Å². The van der Waals surface area contributed by atoms with Gasteiger partial charge in [-0.25, -0.2) is 4.98 Å². The lowest BCUT2D eigenvalue weighted by Gasteiger charge is -2.12. The Bertz CT molecular complexity index is 1000. The molecule has 0 fully saturated rings. The van der Waals surface area contributed by atoms with Crippen molar-refractivity contribution in [3.8, 4) is 0 Å². The Morgan fingerprint density at radius 3 is 2.46 bits per heavy atom. The molecule has 0 spiro atoms. The highest BCUT2D eigenvalue weighted by molar-refractivity contribution is 9.10. The zero-order valence-corrected chi connectivity index (χ0v) is 17.3. The van der Waals surface area contributed by atoms with Crippen molar-refractivity contribution in [2.75, 3.05) is 6.54 Å². The predicted octanol–water partition coefficient (Wildman–Crippen LogP) is 3.71. The number of carbonyl (C=O) groups is 2. The minimum Gasteiger partial charge on any atom is -0.350 e. The summed E-state index contributed by atoms with van der Waals surface area (Å²) in [5.74, 6) is 0.164. The minimum absolute atomic E-state index is 0.262. The van der Waals surface area contributed by atoms with Crippen LogP contribution in [0.15, 0.2) is 64.3 Å². The van der Waals surface area contributed by atoms with Crippen molar-refractivity contribution in [1.29, 1.82) is 0 Å². The average Bonchev–Trinajstić information content (AvgIpc) is 3.08. The molecule has 0 aliphatic heterocycles. The highest BCUT2D eigenvalue weighted by Crippen LogP contribution is 2.12. The summed E-state index contributed by atoms with van der Waals surface area (Å²) < 4.78 is 0.884. The van der Waals surface area contributed by atoms with Crippen molar-refractivity contribution in [1.82, 2.24) is 20.6 Å². The number of fused-ring (bicyclic) bond motifs is 1. The molecule has 0 aliphatic carbocycles. The Morgan fingerprint density at radius 1 is 1.07 bits per heavy atom. The monoisotopic (exact) mass is 440 g/mol. The van der Waals surface area contributed by atoms with Crippen LogP contribution in [0.2, 0.25) is 0 Å². The van der Waals surface area contributed by atoms with E-state index >= 15 is 0 Å². The molecule has 3 aromatic rings. The topological polar surface area (TPSA) is 86.9 Å². The SMILES string of the molecule is CC(C)=C(NC(=O)c1ccc(Br)cc1)C(=O)NCCc1nc2ccccc2[nH]1. The van der Waals surface area contributed by atoms with Crippen LogP contribution in [0.25, 0.3) is 11.0 Å². The number of para-hydroxylation sites is 2. The number of hydrogen-bond donors (Lipinski definition) is 3. The molecule has 0 saturated heterocycles. The molecule has 0 unspecified atom stereocenters. The van der Waals surface area contributed by atoms with Gasteiger partial charge in [0.1, 0.15) is 11.5 Å². The predicted molar refractivity (Wildman–Crippen MR) is 113 cm³/mol. The number of benzene rings is 2. The molecule has 0 radical (unpaired) electrons. The van der Waals surface area contributed by atoms with Crippen LogP contribution in [0, 0.1) is 0 Å². The summed E-state index contributed by atoms with van der Waals surface area (Å²) in [4.78, 5) is 32.7. The Labute approximate surface area is 171 Å². The number of nitrogens with zero attached hydrogens (tertiary/aromatic N) is 1. The van der Waals surface area contributed by atoms with E-state index in [1.807, 2.05) is 24.3 Å². The lowest BCUT2D eigenvalue weighted by Crippen LogP contribution is -2.36. The van der Waals surface area contributed by atoms with E-state index in [0.717, 1.165) is 26.9 Å². The first-order chi connectivity index (χ1) is 13.4. The van der Waals surface area contributed by atoms with E-state index in [2.05, 4.69) is 36.5 Å². The van der Waals surface area contributed by atoms with Crippen molar-refractivity contribution in [2.45, 2.75) is 20.3 Å². The first-order valence-electron chi connectivity index (χ1n) is 8.90. The fourth-order valence-corrected chi connectivity index (χ4v) is 2.97. The highest BCUT2D eigenvalue weighted by atomic mass is 79.9. The smallest absolute Gasteiger partial charge is 0.267 e. The molecule has 7 heteroatoms. The summed E-state index contributed by atoms with van der Waals surface area (Å²) in [6.07, 6.45) is 0.567. The van der Waals surface area contributed by atoms with Gasteiger partial charge in [0.05, 0.1) is 11.0 Å². The van der Waals surface area contributed by atoms with Crippen LogP contribution in [0.4, 0.5) is 0 Å². The quantitative estimate of drug-likeness (QED) is 0.510. The zero-order valence-electron chi connectivity index (χ0n) is 15.7. The van der Waals surface area contributed by atoms with Crippen LogP contribution in [0.5, 0.6) is 0 Å². The van der Waals surface area contributed by atoms with E-state index in [1.54, 1.807) is 38.1 Å². The lowest BCUT2D eigenvalue weighted by molar-refractivity contribution is -0.117. The van der Waals surface area contributed by atoms with Gasteiger partial charge < -0.3 is 15.6 Å². The standard InChI is InChI=1S/C21H21BrN4O2/c1-13(2)19(26-20(27)14-7-9-15(22)10-8-14)21(28)23-12-11-18-24-16-5-3-4-6-17(16)25-18/h3-10H,11-12H2,1-2H3,(H,23,28)(H,24,25)(H,26,27). The van der Waals surface area contributed by atoms with Crippen LogP contribution in [-0.4, -0.2) is 28.3 Å². The van der Waals surface area contributed by atoms with Gasteiger partial charge in [-0.1, -0.05) is 28.1 Å². The molecular weight excluding hydrogens is 420 g/mol. The van der Waals surface area contributed by atoms with Crippen molar-refractivity contribution >= 4 is 38.8 Å². The summed E-state index contributed by atoms with van der Waals surface area (Å²) in [5, 5.41) is 5.56. The third kappa shape index (κ3) is 4.86. The average molecular weight is 441 g/mol. The molecule has 3 rings (SSSR count). The van der Waals surface area contributed by atoms with Gasteiger partial charge in [0.15, 0.2) is 0 Å². The summed E-state index contributed by atoms with van der Waals surface area (Å²) in [6, 6.07) is 14.7. The van der Waals surface area contributed by atoms with Gasteiger partial charge in [0, 0.05) is 23.0 Å². The number of H-pyrrole nitrogens is 1. The number of aromatic nitrogens is 2. The maximum absolute atomic E-state index is 12.5. The summed E-state index contributed by atoms with van der Waals surface area (Å²) in [6.45, 7) is 3.98. The number of aromatic amines is 1. The third-order valence-corrected chi connectivity index (χ3v) is 4.69. The second-order valence-electron chi connectivity index (χ2n) is 6.54. The second-order valence-corrected chi connectivity index (χ2v) is 7.46. The maximum atomic E-state index is 12.5. The number of rotatable bonds is 6. The van der Waals surface area contributed by atoms with Crippen LogP contribution in [0.3, 0.4) is 0 Å². The van der Waals surface area contributed by atoms with E-state index in [-0.39, 0.29) is 17.5 Å². The number of allylic oxidation sites excluding steroid dienone is 1. The van der Waals surface area contributed by atoms with E-state index in [4.69, 9.17) is 0 Å². The number of amides is 2. The molecule has 3 N–H and O–H groups in total. The molecule has 0 saturated carbocycles. The number of hydrogen-bond acceptors (Lipinski definition) is 3. The molecule has 1 heterocycles. The van der Waals surface area contributed by atoms with Gasteiger partial charge in [-0.2, -0.15) is 0 Å². The molecule has 6 nitrogen and oxygen atoms in total. The Balaban J connectivity index is 1.59. The van der Waals surface area contributed by atoms with Crippen LogP contribution >= 0.6 is 15.9 Å². The van der Waals surface area contributed by atoms with Gasteiger partial charge in [-0.3, -0.25) is 9.59 Å². The molecule has 144 valence electrons. The van der Waals surface area contributed by atoms with Crippen molar-refractivity contribution in [3.63, 3.8) is 0 Å². The Hall–Kier alpha value is -2.93. The van der Waals surface area contributed by atoms with Crippen LogP contribution in [-0.2, 0) is 11.2 Å². The molecule has 0 atom stereocenters. The van der Waals surface area contributed by atoms with Crippen molar-refractivity contribution < 1.29 is 9.59 Å². The second kappa shape index (κ2) is 8.84. The Morgan fingerprint density at radius 2 is 1.79 bits per heavy atom. The molecule has 2 amide bonds. The molecule has 28 heavy (non-hydrogen) atoms. The first kappa shape index (κ1) is 19.8. The number of imidazole rings is 1. The van der Waals surface area contributed by atoms with Gasteiger partial charge in [-0.15, -0.1) is 0 Å². The molecule has 2 aromatic carbocycles. The normalized spacial score (nSPS) is 10.5. The molecule has 0 bridgehead atoms. The van der Waals surface area contributed by atoms with Crippen LogP contribution < -0.4 is 10.6 Å². The van der Waals surface area contributed by atoms with Gasteiger partial charge >= 0.3 is 0 Å². The number of halogens is 1. The maximum Gasteiger partial charge on any atom is 0.267 e. The largest absolute Gasteiger partial charge is 0.350 e. The van der Waals surface area contributed by atoms with Gasteiger partial charge in [0.25, 0.3) is 11.8 Å². The summed E-state index contributed by atoms with van der Waals surface area (Å²) in [7, 11) is 0. The summed E-state index contributed by atoms with van der Waals surface area (Å²) in [5.41, 5.74) is 3.34. The first-order valence-corrected chi connectivity index (χ1v) is 9.69.